The first-order valence-electron chi connectivity index (χ1n) is 6.98. The molecule has 1 aromatic rings. The van der Waals surface area contributed by atoms with Crippen LogP contribution in [0.1, 0.15) is 32.8 Å². The van der Waals surface area contributed by atoms with Crippen LogP contribution in [-0.4, -0.2) is 29.7 Å². The molecule has 0 radical (unpaired) electrons. The molecule has 1 aliphatic rings. The SMILES string of the molecule is CC(C)(C)OC(=O)N1CC=C(c2ccc(N)cc2Cl)CC1. The number of nitrogens with two attached hydrogens (primary N) is 1. The molecule has 0 atom stereocenters. The highest BCUT2D eigenvalue weighted by molar-refractivity contribution is 6.32. The smallest absolute Gasteiger partial charge is 0.410 e. The Morgan fingerprint density at radius 2 is 2.10 bits per heavy atom. The van der Waals surface area contributed by atoms with Gasteiger partial charge in [0.05, 0.1) is 5.02 Å². The first-order chi connectivity index (χ1) is 9.76. The van der Waals surface area contributed by atoms with E-state index in [0.29, 0.717) is 23.8 Å². The lowest BCUT2D eigenvalue weighted by molar-refractivity contribution is 0.0270. The molecular formula is C16H21ClN2O2. The number of ether oxygens (including phenoxy) is 1. The quantitative estimate of drug-likeness (QED) is 0.799. The molecule has 1 amide bonds. The summed E-state index contributed by atoms with van der Waals surface area (Å²) in [7, 11) is 0. The Bertz CT molecular complexity index is 576. The monoisotopic (exact) mass is 308 g/mol. The number of amides is 1. The van der Waals surface area contributed by atoms with Crippen LogP contribution < -0.4 is 5.73 Å². The highest BCUT2D eigenvalue weighted by Crippen LogP contribution is 2.30. The van der Waals surface area contributed by atoms with Crippen molar-refractivity contribution in [1.29, 1.82) is 0 Å². The van der Waals surface area contributed by atoms with Gasteiger partial charge in [0.1, 0.15) is 5.60 Å². The minimum atomic E-state index is -0.471. The highest BCUT2D eigenvalue weighted by Gasteiger charge is 2.24. The van der Waals surface area contributed by atoms with Gasteiger partial charge >= 0.3 is 6.09 Å². The summed E-state index contributed by atoms with van der Waals surface area (Å²) in [6.07, 6.45) is 2.49. The molecule has 0 fully saturated rings. The molecule has 0 saturated carbocycles. The van der Waals surface area contributed by atoms with Gasteiger partial charge in [0, 0.05) is 18.8 Å². The van der Waals surface area contributed by atoms with Gasteiger partial charge in [-0.3, -0.25) is 0 Å². The number of carbonyl (C=O) groups is 1. The molecule has 114 valence electrons. The van der Waals surface area contributed by atoms with Crippen LogP contribution in [0.3, 0.4) is 0 Å². The second-order valence-corrected chi connectivity index (χ2v) is 6.55. The van der Waals surface area contributed by atoms with Gasteiger partial charge in [-0.2, -0.15) is 0 Å². The van der Waals surface area contributed by atoms with Gasteiger partial charge in [-0.1, -0.05) is 23.7 Å². The maximum Gasteiger partial charge on any atom is 0.410 e. The molecular weight excluding hydrogens is 288 g/mol. The van der Waals surface area contributed by atoms with Gasteiger partial charge in [0.2, 0.25) is 0 Å². The summed E-state index contributed by atoms with van der Waals surface area (Å²) < 4.78 is 5.37. The van der Waals surface area contributed by atoms with Crippen LogP contribution in [0.25, 0.3) is 5.57 Å². The lowest BCUT2D eigenvalue weighted by Crippen LogP contribution is -2.39. The van der Waals surface area contributed by atoms with Crippen molar-refractivity contribution in [2.24, 2.45) is 0 Å². The predicted octanol–water partition coefficient (Wildman–Crippen LogP) is 3.95. The van der Waals surface area contributed by atoms with E-state index in [0.717, 1.165) is 17.6 Å². The Morgan fingerprint density at radius 3 is 2.62 bits per heavy atom. The van der Waals surface area contributed by atoms with Crippen LogP contribution in [0, 0.1) is 0 Å². The average molecular weight is 309 g/mol. The van der Waals surface area contributed by atoms with E-state index in [1.54, 1.807) is 11.0 Å². The molecule has 2 N–H and O–H groups in total. The molecule has 4 nitrogen and oxygen atoms in total. The molecule has 0 aliphatic carbocycles. The summed E-state index contributed by atoms with van der Waals surface area (Å²) in [4.78, 5) is 13.7. The molecule has 21 heavy (non-hydrogen) atoms. The van der Waals surface area contributed by atoms with Gasteiger partial charge in [-0.05, 0) is 50.5 Å². The van der Waals surface area contributed by atoms with E-state index < -0.39 is 5.60 Å². The number of halogens is 1. The summed E-state index contributed by atoms with van der Waals surface area (Å²) >= 11 is 6.22. The van der Waals surface area contributed by atoms with Crippen molar-refractivity contribution in [3.8, 4) is 0 Å². The Balaban J connectivity index is 2.07. The van der Waals surface area contributed by atoms with E-state index in [1.165, 1.54) is 0 Å². The number of hydrogen-bond donors (Lipinski definition) is 1. The van der Waals surface area contributed by atoms with Crippen LogP contribution in [0.2, 0.25) is 5.02 Å². The van der Waals surface area contributed by atoms with Crippen molar-refractivity contribution >= 4 is 29.0 Å². The third-order valence-electron chi connectivity index (χ3n) is 3.20. The van der Waals surface area contributed by atoms with E-state index in [1.807, 2.05) is 39.0 Å². The van der Waals surface area contributed by atoms with Crippen molar-refractivity contribution in [2.75, 3.05) is 18.8 Å². The zero-order valence-electron chi connectivity index (χ0n) is 12.6. The normalized spacial score (nSPS) is 15.6. The van der Waals surface area contributed by atoms with Crippen molar-refractivity contribution in [3.05, 3.63) is 34.9 Å². The van der Waals surface area contributed by atoms with Gasteiger partial charge in [0.25, 0.3) is 0 Å². The second-order valence-electron chi connectivity index (χ2n) is 6.15. The van der Waals surface area contributed by atoms with Crippen molar-refractivity contribution in [1.82, 2.24) is 4.90 Å². The van der Waals surface area contributed by atoms with Crippen molar-refractivity contribution in [3.63, 3.8) is 0 Å². The van der Waals surface area contributed by atoms with Gasteiger partial charge in [-0.15, -0.1) is 0 Å². The highest BCUT2D eigenvalue weighted by atomic mass is 35.5. The number of carbonyl (C=O) groups excluding carboxylic acids is 1. The fraction of sp³-hybridized carbons (Fsp3) is 0.438. The molecule has 0 unspecified atom stereocenters. The zero-order valence-corrected chi connectivity index (χ0v) is 13.4. The van der Waals surface area contributed by atoms with Crippen LogP contribution in [-0.2, 0) is 4.74 Å². The van der Waals surface area contributed by atoms with E-state index in [9.17, 15) is 4.79 Å². The summed E-state index contributed by atoms with van der Waals surface area (Å²) in [6.45, 7) is 6.76. The minimum Gasteiger partial charge on any atom is -0.444 e. The molecule has 5 heteroatoms. The third kappa shape index (κ3) is 4.14. The third-order valence-corrected chi connectivity index (χ3v) is 3.51. The number of nitrogen functional groups attached to an aromatic ring is 1. The van der Waals surface area contributed by atoms with E-state index in [2.05, 4.69) is 0 Å². The summed E-state index contributed by atoms with van der Waals surface area (Å²) in [6, 6.07) is 5.51. The topological polar surface area (TPSA) is 55.6 Å². The first kappa shape index (κ1) is 15.7. The van der Waals surface area contributed by atoms with E-state index >= 15 is 0 Å². The standard InChI is InChI=1S/C16H21ClN2O2/c1-16(2,3)21-15(20)19-8-6-11(7-9-19)13-5-4-12(18)10-14(13)17/h4-6,10H,7-9,18H2,1-3H3. The molecule has 0 spiro atoms. The number of rotatable bonds is 1. The second kappa shape index (κ2) is 5.98. The molecule has 0 aromatic heterocycles. The van der Waals surface area contributed by atoms with E-state index in [-0.39, 0.29) is 6.09 Å². The largest absolute Gasteiger partial charge is 0.444 e. The maximum atomic E-state index is 12.0. The van der Waals surface area contributed by atoms with Crippen molar-refractivity contribution in [2.45, 2.75) is 32.8 Å². The number of benzene rings is 1. The van der Waals surface area contributed by atoms with Gasteiger partial charge in [-0.25, -0.2) is 4.79 Å². The van der Waals surface area contributed by atoms with Crippen molar-refractivity contribution < 1.29 is 9.53 Å². The molecule has 1 heterocycles. The average Bonchev–Trinajstić information content (AvgIpc) is 2.37. The predicted molar refractivity (Wildman–Crippen MR) is 86.3 cm³/mol. The molecule has 2 rings (SSSR count). The van der Waals surface area contributed by atoms with Gasteiger partial charge in [0.15, 0.2) is 0 Å². The fourth-order valence-corrected chi connectivity index (χ4v) is 2.51. The lowest BCUT2D eigenvalue weighted by Gasteiger charge is -2.29. The number of nitrogens with zero attached hydrogens (tertiary/aromatic N) is 1. The Labute approximate surface area is 130 Å². The minimum absolute atomic E-state index is 0.277. The first-order valence-corrected chi connectivity index (χ1v) is 7.36. The maximum absolute atomic E-state index is 12.0. The Hall–Kier alpha value is -1.68. The Morgan fingerprint density at radius 1 is 1.38 bits per heavy atom. The number of anilines is 1. The Kier molecular flexibility index (Phi) is 4.47. The molecule has 1 aromatic carbocycles. The van der Waals surface area contributed by atoms with E-state index in [4.69, 9.17) is 22.1 Å². The van der Waals surface area contributed by atoms with Crippen LogP contribution >= 0.6 is 11.6 Å². The van der Waals surface area contributed by atoms with Gasteiger partial charge < -0.3 is 15.4 Å². The molecule has 0 saturated heterocycles. The van der Waals surface area contributed by atoms with Crippen LogP contribution in [0.5, 0.6) is 0 Å². The molecule has 0 bridgehead atoms. The zero-order chi connectivity index (χ0) is 15.6. The van der Waals surface area contributed by atoms with Crippen LogP contribution in [0.15, 0.2) is 24.3 Å². The number of hydrogen-bond acceptors (Lipinski definition) is 3. The summed E-state index contributed by atoms with van der Waals surface area (Å²) in [5.74, 6) is 0. The molecule has 1 aliphatic heterocycles. The summed E-state index contributed by atoms with van der Waals surface area (Å²) in [5, 5.41) is 0.645. The van der Waals surface area contributed by atoms with Crippen LogP contribution in [0.4, 0.5) is 10.5 Å². The summed E-state index contributed by atoms with van der Waals surface area (Å²) in [5.41, 5.74) is 8.00. The fourth-order valence-electron chi connectivity index (χ4n) is 2.20. The lowest BCUT2D eigenvalue weighted by atomic mass is 9.99.